The van der Waals surface area contributed by atoms with E-state index in [0.29, 0.717) is 11.1 Å². The fourth-order valence-corrected chi connectivity index (χ4v) is 9.41. The average molecular weight is 730 g/mol. The molecule has 1 aliphatic carbocycles. The Morgan fingerprint density at radius 3 is 1.82 bits per heavy atom. The van der Waals surface area contributed by atoms with E-state index < -0.39 is 0 Å². The predicted molar refractivity (Wildman–Crippen MR) is 231 cm³/mol. The summed E-state index contributed by atoms with van der Waals surface area (Å²) in [5.74, 6) is 0.0835. The molecular formula is C52H35N5. The van der Waals surface area contributed by atoms with E-state index in [1.54, 1.807) is 0 Å². The summed E-state index contributed by atoms with van der Waals surface area (Å²) in [6, 6.07) is 59.8. The van der Waals surface area contributed by atoms with Crippen molar-refractivity contribution in [2.24, 2.45) is 11.8 Å². The molecule has 7 aromatic carbocycles. The molecule has 2 aromatic heterocycles. The Labute approximate surface area is 330 Å². The second-order valence-electron chi connectivity index (χ2n) is 15.0. The number of nitriles is 3. The summed E-state index contributed by atoms with van der Waals surface area (Å²) in [7, 11) is 0. The first-order chi connectivity index (χ1) is 28.1. The first-order valence-electron chi connectivity index (χ1n) is 19.3. The molecule has 3 atom stereocenters. The van der Waals surface area contributed by atoms with E-state index >= 15 is 0 Å². The highest BCUT2D eigenvalue weighted by atomic mass is 15.0. The Kier molecular flexibility index (Phi) is 8.07. The Bertz CT molecular complexity index is 3230. The third-order valence-electron chi connectivity index (χ3n) is 11.9. The van der Waals surface area contributed by atoms with E-state index in [1.165, 1.54) is 10.8 Å². The monoisotopic (exact) mass is 729 g/mol. The second-order valence-corrected chi connectivity index (χ2v) is 15.0. The van der Waals surface area contributed by atoms with Gasteiger partial charge in [-0.1, -0.05) is 116 Å². The van der Waals surface area contributed by atoms with Crippen LogP contribution in [0.3, 0.4) is 0 Å². The molecule has 0 bridgehead atoms. The third-order valence-corrected chi connectivity index (χ3v) is 11.9. The van der Waals surface area contributed by atoms with Crippen LogP contribution in [-0.4, -0.2) is 9.13 Å². The molecule has 2 heterocycles. The zero-order chi connectivity index (χ0) is 38.6. The van der Waals surface area contributed by atoms with Gasteiger partial charge in [-0.2, -0.15) is 15.8 Å². The van der Waals surface area contributed by atoms with Crippen molar-refractivity contribution in [1.29, 1.82) is 15.8 Å². The van der Waals surface area contributed by atoms with Crippen molar-refractivity contribution in [3.8, 4) is 57.3 Å². The van der Waals surface area contributed by atoms with Gasteiger partial charge in [-0.05, 0) is 94.8 Å². The maximum Gasteiger partial charge on any atom is 0.0991 e. The molecule has 268 valence electrons. The molecule has 10 rings (SSSR count). The van der Waals surface area contributed by atoms with Gasteiger partial charge in [0, 0.05) is 38.3 Å². The molecule has 1 aliphatic rings. The maximum atomic E-state index is 10.3. The third kappa shape index (κ3) is 5.27. The molecule has 5 nitrogen and oxygen atoms in total. The van der Waals surface area contributed by atoms with Crippen molar-refractivity contribution in [2.45, 2.75) is 19.4 Å². The Hall–Kier alpha value is -7.65. The Morgan fingerprint density at radius 1 is 0.526 bits per heavy atom. The summed E-state index contributed by atoms with van der Waals surface area (Å²) in [6.07, 6.45) is 5.17. The standard InChI is InChI=1S/C52H35N5/c1-33-11-8-12-36(32-55)51(33)57-47-21-7-6-17-45(47)50-42(18-10-22-49(50)57)40-15-4-2-13-38(40)39-14-3-5-16-41(39)43-19-9-20-44-46-29-35(31-54)25-28-48(46)56(52(43)44)37-26-23-34(30-53)24-27-37/h2-11,13-29,33,36,51H,12H2,1H3. The first-order valence-corrected chi connectivity index (χ1v) is 19.3. The van der Waals surface area contributed by atoms with Gasteiger partial charge in [-0.25, -0.2) is 0 Å². The molecule has 0 saturated carbocycles. The number of nitrogens with zero attached hydrogens (tertiary/aromatic N) is 5. The van der Waals surface area contributed by atoms with E-state index in [2.05, 4.69) is 156 Å². The largest absolute Gasteiger partial charge is 0.335 e. The lowest BCUT2D eigenvalue weighted by molar-refractivity contribution is 0.325. The van der Waals surface area contributed by atoms with Gasteiger partial charge < -0.3 is 9.13 Å². The van der Waals surface area contributed by atoms with Gasteiger partial charge in [-0.3, -0.25) is 0 Å². The van der Waals surface area contributed by atoms with Crippen LogP contribution in [-0.2, 0) is 0 Å². The molecule has 0 N–H and O–H groups in total. The number of hydrogen-bond donors (Lipinski definition) is 0. The van der Waals surface area contributed by atoms with E-state index in [1.807, 2.05) is 42.5 Å². The van der Waals surface area contributed by atoms with Crippen molar-refractivity contribution < 1.29 is 0 Å². The molecule has 5 heteroatoms. The zero-order valence-electron chi connectivity index (χ0n) is 31.3. The second kappa shape index (κ2) is 13.6. The highest BCUT2D eigenvalue weighted by Crippen LogP contribution is 2.47. The minimum atomic E-state index is -0.124. The molecule has 0 aliphatic heterocycles. The molecule has 0 radical (unpaired) electrons. The van der Waals surface area contributed by atoms with Crippen LogP contribution >= 0.6 is 0 Å². The normalized spacial score (nSPS) is 16.5. The van der Waals surface area contributed by atoms with Gasteiger partial charge in [0.15, 0.2) is 0 Å². The summed E-state index contributed by atoms with van der Waals surface area (Å²) < 4.78 is 4.70. The molecule has 3 unspecified atom stereocenters. The van der Waals surface area contributed by atoms with Gasteiger partial charge >= 0.3 is 0 Å². The quantitative estimate of drug-likeness (QED) is 0.165. The number of para-hydroxylation sites is 2. The summed E-state index contributed by atoms with van der Waals surface area (Å²) in [4.78, 5) is 0. The predicted octanol–water partition coefficient (Wildman–Crippen LogP) is 12.9. The number of rotatable bonds is 5. The summed E-state index contributed by atoms with van der Waals surface area (Å²) >= 11 is 0. The van der Waals surface area contributed by atoms with Crippen LogP contribution in [0.1, 0.15) is 30.5 Å². The molecule has 0 saturated heterocycles. The average Bonchev–Trinajstić information content (AvgIpc) is 3.79. The number of hydrogen-bond acceptors (Lipinski definition) is 3. The number of benzene rings is 7. The minimum absolute atomic E-state index is 0.0150. The molecule has 0 fully saturated rings. The van der Waals surface area contributed by atoms with Crippen LogP contribution in [0.15, 0.2) is 164 Å². The van der Waals surface area contributed by atoms with E-state index in [0.717, 1.165) is 78.3 Å². The molecule has 0 amide bonds. The molecule has 9 aromatic rings. The first kappa shape index (κ1) is 33.9. The van der Waals surface area contributed by atoms with Gasteiger partial charge in [-0.15, -0.1) is 0 Å². The summed E-state index contributed by atoms with van der Waals surface area (Å²) in [5.41, 5.74) is 13.1. The van der Waals surface area contributed by atoms with Crippen molar-refractivity contribution in [3.63, 3.8) is 0 Å². The highest BCUT2D eigenvalue weighted by molar-refractivity contribution is 6.18. The zero-order valence-corrected chi connectivity index (χ0v) is 31.3. The van der Waals surface area contributed by atoms with Gasteiger partial charge in [0.05, 0.1) is 57.8 Å². The topological polar surface area (TPSA) is 81.2 Å². The lowest BCUT2D eigenvalue weighted by atomic mass is 9.82. The lowest BCUT2D eigenvalue weighted by Crippen LogP contribution is -2.26. The summed E-state index contributed by atoms with van der Waals surface area (Å²) in [6.45, 7) is 2.23. The van der Waals surface area contributed by atoms with Crippen molar-refractivity contribution in [1.82, 2.24) is 9.13 Å². The lowest BCUT2D eigenvalue weighted by Gasteiger charge is -2.32. The van der Waals surface area contributed by atoms with Crippen LogP contribution in [0.5, 0.6) is 0 Å². The fourth-order valence-electron chi connectivity index (χ4n) is 9.41. The SMILES string of the molecule is CC1C=CCC(C#N)C1n1c2ccccc2c2c(-c3ccccc3-c3ccccc3-c3cccc4c5cc(C#N)ccc5n(-c5ccc(C#N)cc5)c34)cccc21. The van der Waals surface area contributed by atoms with Crippen molar-refractivity contribution in [2.75, 3.05) is 0 Å². The maximum absolute atomic E-state index is 10.3. The van der Waals surface area contributed by atoms with E-state index in [4.69, 9.17) is 0 Å². The number of fused-ring (bicyclic) bond motifs is 6. The minimum Gasteiger partial charge on any atom is -0.335 e. The smallest absolute Gasteiger partial charge is 0.0991 e. The van der Waals surface area contributed by atoms with Crippen LogP contribution in [0.4, 0.5) is 0 Å². The Morgan fingerprint density at radius 2 is 1.11 bits per heavy atom. The Balaban J connectivity index is 1.23. The molecule has 57 heavy (non-hydrogen) atoms. The van der Waals surface area contributed by atoms with Crippen LogP contribution in [0.25, 0.3) is 82.7 Å². The van der Waals surface area contributed by atoms with Crippen LogP contribution in [0, 0.1) is 45.8 Å². The van der Waals surface area contributed by atoms with Gasteiger partial charge in [0.1, 0.15) is 0 Å². The van der Waals surface area contributed by atoms with E-state index in [-0.39, 0.29) is 17.9 Å². The highest BCUT2D eigenvalue weighted by Gasteiger charge is 2.32. The van der Waals surface area contributed by atoms with Crippen molar-refractivity contribution in [3.05, 3.63) is 175 Å². The van der Waals surface area contributed by atoms with Gasteiger partial charge in [0.25, 0.3) is 0 Å². The van der Waals surface area contributed by atoms with Gasteiger partial charge in [0.2, 0.25) is 0 Å². The van der Waals surface area contributed by atoms with Crippen LogP contribution < -0.4 is 0 Å². The molecular weight excluding hydrogens is 695 g/mol. The number of aromatic nitrogens is 2. The molecule has 0 spiro atoms. The number of allylic oxidation sites excluding steroid dienone is 2. The van der Waals surface area contributed by atoms with Crippen LogP contribution in [0.2, 0.25) is 0 Å². The summed E-state index contributed by atoms with van der Waals surface area (Å²) in [5, 5.41) is 34.2. The van der Waals surface area contributed by atoms with E-state index in [9.17, 15) is 15.8 Å². The fraction of sp³-hybridized carbons (Fsp3) is 0.0962. The van der Waals surface area contributed by atoms with Crippen molar-refractivity contribution >= 4 is 43.6 Å².